The summed E-state index contributed by atoms with van der Waals surface area (Å²) < 4.78 is 0. The number of nitrogens with zero attached hydrogens (tertiary/aromatic N) is 2. The number of nitrogens with one attached hydrogen (secondary N) is 1. The predicted octanol–water partition coefficient (Wildman–Crippen LogP) is 2.57. The van der Waals surface area contributed by atoms with Crippen LogP contribution >= 0.6 is 24.0 Å². The molecule has 1 atom stereocenters. The van der Waals surface area contributed by atoms with Crippen molar-refractivity contribution in [2.24, 2.45) is 10.7 Å². The van der Waals surface area contributed by atoms with Crippen LogP contribution in [0.4, 0.5) is 0 Å². The van der Waals surface area contributed by atoms with Gasteiger partial charge < -0.3 is 16.0 Å². The van der Waals surface area contributed by atoms with E-state index >= 15 is 0 Å². The minimum Gasteiger partial charge on any atom is -0.370 e. The summed E-state index contributed by atoms with van der Waals surface area (Å²) in [6, 6.07) is 0.780. The largest absolute Gasteiger partial charge is 0.370 e. The maximum absolute atomic E-state index is 5.74. The fourth-order valence-electron chi connectivity index (χ4n) is 2.43. The normalized spacial score (nSPS) is 20.9. The van der Waals surface area contributed by atoms with Crippen LogP contribution in [0.25, 0.3) is 0 Å². The maximum Gasteiger partial charge on any atom is 0.188 e. The number of piperidine rings is 1. The van der Waals surface area contributed by atoms with Gasteiger partial charge in [0.25, 0.3) is 0 Å². The Hall–Kier alpha value is -0.0400. The molecule has 0 aromatic rings. The number of halogens is 1. The number of hydrogen-bond donors (Lipinski definition) is 2. The summed E-state index contributed by atoms with van der Waals surface area (Å²) in [5, 5.41) is 3.18. The van der Waals surface area contributed by atoms with Gasteiger partial charge in [0.15, 0.2) is 5.96 Å². The fraction of sp³-hybridized carbons (Fsp3) is 0.929. The summed E-state index contributed by atoms with van der Waals surface area (Å²) in [5.41, 5.74) is 5.74. The van der Waals surface area contributed by atoms with Gasteiger partial charge in [-0.1, -0.05) is 13.3 Å². The van der Waals surface area contributed by atoms with Crippen LogP contribution in [0.5, 0.6) is 0 Å². The number of nitrogens with two attached hydrogens (primary N) is 1. The van der Waals surface area contributed by atoms with Crippen molar-refractivity contribution in [2.45, 2.75) is 58.4 Å². The molecule has 1 aliphatic rings. The van der Waals surface area contributed by atoms with Crippen molar-refractivity contribution < 1.29 is 0 Å². The highest BCUT2D eigenvalue weighted by molar-refractivity contribution is 14.0. The minimum absolute atomic E-state index is 0. The highest BCUT2D eigenvalue weighted by atomic mass is 127. The molecule has 0 amide bonds. The smallest absolute Gasteiger partial charge is 0.188 e. The average Bonchev–Trinajstić information content (AvgIpc) is 2.38. The quantitative estimate of drug-likeness (QED) is 0.308. The lowest BCUT2D eigenvalue weighted by molar-refractivity contribution is 0.158. The van der Waals surface area contributed by atoms with E-state index in [1.807, 2.05) is 0 Å². The van der Waals surface area contributed by atoms with Gasteiger partial charge in [-0.25, -0.2) is 0 Å². The summed E-state index contributed by atoms with van der Waals surface area (Å²) in [6.45, 7) is 8.75. The van der Waals surface area contributed by atoms with Crippen molar-refractivity contribution in [3.63, 3.8) is 0 Å². The number of rotatable bonds is 7. The van der Waals surface area contributed by atoms with Crippen molar-refractivity contribution in [2.75, 3.05) is 26.2 Å². The molecular formula is C14H31IN4. The van der Waals surface area contributed by atoms with E-state index in [2.05, 4.69) is 29.1 Å². The van der Waals surface area contributed by atoms with Crippen LogP contribution in [0.3, 0.4) is 0 Å². The Morgan fingerprint density at radius 3 is 2.84 bits per heavy atom. The lowest BCUT2D eigenvalue weighted by Gasteiger charge is -2.33. The van der Waals surface area contributed by atoms with Gasteiger partial charge in [-0.05, 0) is 52.1 Å². The first-order valence-electron chi connectivity index (χ1n) is 7.52. The van der Waals surface area contributed by atoms with Gasteiger partial charge in [0, 0.05) is 19.1 Å². The molecule has 5 heteroatoms. The molecule has 1 heterocycles. The molecule has 114 valence electrons. The van der Waals surface area contributed by atoms with Crippen molar-refractivity contribution in [3.8, 4) is 0 Å². The molecule has 1 fully saturated rings. The van der Waals surface area contributed by atoms with E-state index in [0.29, 0.717) is 5.96 Å². The molecule has 0 aromatic carbocycles. The second-order valence-corrected chi connectivity index (χ2v) is 5.28. The first-order valence-corrected chi connectivity index (χ1v) is 7.52. The number of aliphatic imine (C=N–C) groups is 1. The van der Waals surface area contributed by atoms with Gasteiger partial charge in [0.1, 0.15) is 0 Å². The zero-order chi connectivity index (χ0) is 13.2. The third kappa shape index (κ3) is 8.68. The Kier molecular flexibility index (Phi) is 11.7. The van der Waals surface area contributed by atoms with Gasteiger partial charge in [0.2, 0.25) is 0 Å². The summed E-state index contributed by atoms with van der Waals surface area (Å²) in [5.74, 6) is 0.600. The van der Waals surface area contributed by atoms with Crippen LogP contribution < -0.4 is 11.1 Å². The predicted molar refractivity (Wildman–Crippen MR) is 94.3 cm³/mol. The molecule has 1 aliphatic heterocycles. The van der Waals surface area contributed by atoms with Crippen molar-refractivity contribution in [1.82, 2.24) is 10.2 Å². The maximum atomic E-state index is 5.74. The molecule has 0 aliphatic carbocycles. The Morgan fingerprint density at radius 1 is 1.37 bits per heavy atom. The monoisotopic (exact) mass is 382 g/mol. The van der Waals surface area contributed by atoms with Crippen LogP contribution in [0.1, 0.15) is 52.4 Å². The highest BCUT2D eigenvalue weighted by Gasteiger charge is 2.16. The van der Waals surface area contributed by atoms with Crippen LogP contribution in [-0.2, 0) is 0 Å². The van der Waals surface area contributed by atoms with E-state index in [1.54, 1.807) is 0 Å². The first kappa shape index (κ1) is 19.0. The Balaban J connectivity index is 0.00000324. The zero-order valence-corrected chi connectivity index (χ0v) is 14.9. The second kappa shape index (κ2) is 11.8. The molecule has 3 N–H and O–H groups in total. The van der Waals surface area contributed by atoms with Crippen molar-refractivity contribution >= 4 is 29.9 Å². The third-order valence-corrected chi connectivity index (χ3v) is 3.62. The van der Waals surface area contributed by atoms with E-state index in [9.17, 15) is 0 Å². The Morgan fingerprint density at radius 2 is 2.16 bits per heavy atom. The fourth-order valence-corrected chi connectivity index (χ4v) is 2.43. The average molecular weight is 382 g/mol. The molecule has 0 aromatic heterocycles. The summed E-state index contributed by atoms with van der Waals surface area (Å²) >= 11 is 0. The number of likely N-dealkylation sites (tertiary alicyclic amines) is 1. The van der Waals surface area contributed by atoms with Gasteiger partial charge in [-0.15, -0.1) is 24.0 Å². The Labute approximate surface area is 135 Å². The molecule has 4 nitrogen and oxygen atoms in total. The second-order valence-electron chi connectivity index (χ2n) is 5.28. The van der Waals surface area contributed by atoms with E-state index in [-0.39, 0.29) is 24.0 Å². The molecule has 1 unspecified atom stereocenters. The van der Waals surface area contributed by atoms with Crippen LogP contribution in [-0.4, -0.2) is 43.1 Å². The zero-order valence-electron chi connectivity index (χ0n) is 12.5. The highest BCUT2D eigenvalue weighted by Crippen LogP contribution is 2.16. The van der Waals surface area contributed by atoms with E-state index < -0.39 is 0 Å². The van der Waals surface area contributed by atoms with Crippen LogP contribution in [0.2, 0.25) is 0 Å². The van der Waals surface area contributed by atoms with Gasteiger partial charge in [-0.3, -0.25) is 4.99 Å². The number of unbranched alkanes of at least 4 members (excludes halogenated alkanes) is 1. The molecule has 0 radical (unpaired) electrons. The molecule has 0 saturated carbocycles. The van der Waals surface area contributed by atoms with E-state index in [4.69, 9.17) is 5.73 Å². The summed E-state index contributed by atoms with van der Waals surface area (Å²) in [6.07, 6.45) is 7.62. The van der Waals surface area contributed by atoms with Gasteiger partial charge >= 0.3 is 0 Å². The standard InChI is InChI=1S/C14H30N4.HI/c1-3-9-16-14(15)17-10-5-7-12-18-11-6-4-8-13(18)2;/h13H,3-12H2,1-2H3,(H3,15,16,17);1H. The van der Waals surface area contributed by atoms with Crippen LogP contribution in [0.15, 0.2) is 4.99 Å². The molecule has 19 heavy (non-hydrogen) atoms. The van der Waals surface area contributed by atoms with E-state index in [0.717, 1.165) is 25.6 Å². The van der Waals surface area contributed by atoms with Crippen LogP contribution in [0, 0.1) is 0 Å². The topological polar surface area (TPSA) is 53.6 Å². The van der Waals surface area contributed by atoms with Gasteiger partial charge in [0.05, 0.1) is 0 Å². The molecule has 1 saturated heterocycles. The van der Waals surface area contributed by atoms with Gasteiger partial charge in [-0.2, -0.15) is 0 Å². The van der Waals surface area contributed by atoms with E-state index in [1.165, 1.54) is 45.2 Å². The SMILES string of the molecule is CCCN=C(N)NCCCCN1CCCCC1C.I. The molecule has 0 bridgehead atoms. The lowest BCUT2D eigenvalue weighted by Crippen LogP contribution is -2.38. The number of guanidine groups is 1. The molecule has 0 spiro atoms. The van der Waals surface area contributed by atoms with Crippen molar-refractivity contribution in [1.29, 1.82) is 0 Å². The summed E-state index contributed by atoms with van der Waals surface area (Å²) in [4.78, 5) is 6.84. The lowest BCUT2D eigenvalue weighted by atomic mass is 10.0. The van der Waals surface area contributed by atoms with Crippen molar-refractivity contribution in [3.05, 3.63) is 0 Å². The molecular weight excluding hydrogens is 351 g/mol. The number of hydrogen-bond acceptors (Lipinski definition) is 2. The summed E-state index contributed by atoms with van der Waals surface area (Å²) in [7, 11) is 0. The molecule has 1 rings (SSSR count). The Bertz CT molecular complexity index is 246. The third-order valence-electron chi connectivity index (χ3n) is 3.62. The minimum atomic E-state index is 0. The first-order chi connectivity index (χ1) is 8.74.